The average molecular weight is 485 g/mol. The molecule has 3 aromatic rings. The molecule has 2 aromatic carbocycles. The summed E-state index contributed by atoms with van der Waals surface area (Å²) in [5, 5.41) is 2.21. The molecule has 4 nitrogen and oxygen atoms in total. The Bertz CT molecular complexity index is 1140. The number of methoxy groups -OCH3 is 1. The normalized spacial score (nSPS) is 11.9. The maximum absolute atomic E-state index is 13.3. The largest absolute Gasteiger partial charge is 0.496 e. The Morgan fingerprint density at radius 1 is 1.10 bits per heavy atom. The van der Waals surface area contributed by atoms with E-state index in [2.05, 4.69) is 10.3 Å². The lowest BCUT2D eigenvalue weighted by Crippen LogP contribution is -2.14. The Morgan fingerprint density at radius 3 is 2.29 bits per heavy atom. The molecular weight excluding hydrogens is 470 g/mol. The number of halogens is 7. The summed E-state index contributed by atoms with van der Waals surface area (Å²) in [4.78, 5) is 16.3. The number of hydrogen-bond donors (Lipinski definition) is 1. The maximum atomic E-state index is 13.3. The van der Waals surface area contributed by atoms with Crippen molar-refractivity contribution in [1.29, 1.82) is 0 Å². The Morgan fingerprint density at radius 2 is 1.74 bits per heavy atom. The first kappa shape index (κ1) is 24.7. The summed E-state index contributed by atoms with van der Waals surface area (Å²) in [5.74, 6) is -0.602. The Labute approximate surface area is 181 Å². The SMILES string of the molecule is C.COc1c(C)cc(Cl)cc1C(=O)Nc1nc2c(C(F)(F)F)cc(C(F)(F)F)cc2s1. The smallest absolute Gasteiger partial charge is 0.418 e. The van der Waals surface area contributed by atoms with Crippen molar-refractivity contribution in [2.24, 2.45) is 0 Å². The lowest BCUT2D eigenvalue weighted by Gasteiger charge is -2.12. The van der Waals surface area contributed by atoms with E-state index in [0.717, 1.165) is 0 Å². The molecule has 0 saturated heterocycles. The molecule has 0 atom stereocenters. The number of rotatable bonds is 3. The molecule has 0 saturated carbocycles. The number of anilines is 1. The zero-order valence-corrected chi connectivity index (χ0v) is 16.7. The van der Waals surface area contributed by atoms with Gasteiger partial charge in [0.2, 0.25) is 0 Å². The van der Waals surface area contributed by atoms with Crippen LogP contribution in [0.1, 0.15) is 34.5 Å². The number of nitrogens with one attached hydrogen (secondary N) is 1. The van der Waals surface area contributed by atoms with Crippen LogP contribution in [0.3, 0.4) is 0 Å². The van der Waals surface area contributed by atoms with E-state index >= 15 is 0 Å². The molecule has 1 amide bonds. The Balaban J connectivity index is 0.00000341. The lowest BCUT2D eigenvalue weighted by molar-refractivity contribution is -0.142. The molecule has 0 spiro atoms. The van der Waals surface area contributed by atoms with E-state index in [4.69, 9.17) is 16.3 Å². The summed E-state index contributed by atoms with van der Waals surface area (Å²) < 4.78 is 83.7. The minimum absolute atomic E-state index is 0. The van der Waals surface area contributed by atoms with Crippen molar-refractivity contribution in [1.82, 2.24) is 4.98 Å². The van der Waals surface area contributed by atoms with Crippen LogP contribution in [0.5, 0.6) is 5.75 Å². The fraction of sp³-hybridized carbons (Fsp3) is 0.263. The quantitative estimate of drug-likeness (QED) is 0.400. The third-order valence-corrected chi connectivity index (χ3v) is 5.17. The summed E-state index contributed by atoms with van der Waals surface area (Å²) in [7, 11) is 1.32. The van der Waals surface area contributed by atoms with Gasteiger partial charge in [-0.25, -0.2) is 4.98 Å². The third-order valence-electron chi connectivity index (χ3n) is 4.04. The highest BCUT2D eigenvalue weighted by Crippen LogP contribution is 2.42. The van der Waals surface area contributed by atoms with E-state index in [1.807, 2.05) is 0 Å². The van der Waals surface area contributed by atoms with Gasteiger partial charge in [-0.3, -0.25) is 10.1 Å². The fourth-order valence-electron chi connectivity index (χ4n) is 2.80. The van der Waals surface area contributed by atoms with E-state index in [-0.39, 0.29) is 39.7 Å². The minimum atomic E-state index is -5.07. The zero-order valence-electron chi connectivity index (χ0n) is 15.1. The second-order valence-corrected chi connectivity index (χ2v) is 7.61. The number of ether oxygens (including phenoxy) is 1. The maximum Gasteiger partial charge on any atom is 0.418 e. The van der Waals surface area contributed by atoms with Crippen LogP contribution in [0.2, 0.25) is 5.02 Å². The first-order valence-electron chi connectivity index (χ1n) is 8.05. The standard InChI is InChI=1S/C18H11ClF6N2O2S.CH4/c1-7-3-9(19)6-10(14(7)29-2)15(28)27-16-26-13-11(18(23,24)25)4-8(17(20,21)22)5-12(13)30-16;/h3-6H,1-2H3,(H,26,27,28);1H4. The molecular formula is C19H15ClF6N2O2S. The molecule has 0 unspecified atom stereocenters. The summed E-state index contributed by atoms with van der Waals surface area (Å²) >= 11 is 6.43. The van der Waals surface area contributed by atoms with Crippen molar-refractivity contribution >= 4 is 44.2 Å². The number of benzene rings is 2. The predicted octanol–water partition coefficient (Wildman–Crippen LogP) is 7.19. The molecule has 3 rings (SSSR count). The van der Waals surface area contributed by atoms with Gasteiger partial charge in [0.05, 0.1) is 34.0 Å². The average Bonchev–Trinajstić information content (AvgIpc) is 3.00. The third kappa shape index (κ3) is 5.04. The van der Waals surface area contributed by atoms with Crippen LogP contribution in [0, 0.1) is 6.92 Å². The van der Waals surface area contributed by atoms with Crippen molar-refractivity contribution in [2.45, 2.75) is 26.7 Å². The topological polar surface area (TPSA) is 51.2 Å². The van der Waals surface area contributed by atoms with Gasteiger partial charge in [0.1, 0.15) is 5.75 Å². The summed E-state index contributed by atoms with van der Waals surface area (Å²) in [5.41, 5.74) is -3.16. The van der Waals surface area contributed by atoms with Gasteiger partial charge in [-0.05, 0) is 36.8 Å². The van der Waals surface area contributed by atoms with Gasteiger partial charge in [-0.1, -0.05) is 30.4 Å². The summed E-state index contributed by atoms with van der Waals surface area (Å²) in [6, 6.07) is 3.39. The van der Waals surface area contributed by atoms with Gasteiger partial charge in [0.25, 0.3) is 5.91 Å². The van der Waals surface area contributed by atoms with E-state index in [1.165, 1.54) is 13.2 Å². The molecule has 168 valence electrons. The minimum Gasteiger partial charge on any atom is -0.496 e. The van der Waals surface area contributed by atoms with Crippen LogP contribution in [0.15, 0.2) is 24.3 Å². The zero-order chi connectivity index (χ0) is 22.4. The van der Waals surface area contributed by atoms with Gasteiger partial charge >= 0.3 is 12.4 Å². The molecule has 12 heteroatoms. The molecule has 31 heavy (non-hydrogen) atoms. The number of carbonyl (C=O) groups is 1. The van der Waals surface area contributed by atoms with E-state index in [9.17, 15) is 31.1 Å². The number of hydrogen-bond acceptors (Lipinski definition) is 4. The highest BCUT2D eigenvalue weighted by atomic mass is 35.5. The first-order chi connectivity index (χ1) is 13.8. The van der Waals surface area contributed by atoms with Crippen molar-refractivity contribution in [2.75, 3.05) is 12.4 Å². The Kier molecular flexibility index (Phi) is 6.82. The second-order valence-electron chi connectivity index (χ2n) is 6.14. The van der Waals surface area contributed by atoms with Crippen LogP contribution in [0.25, 0.3) is 10.2 Å². The molecule has 0 aliphatic heterocycles. The number of thiazole rings is 1. The molecule has 1 aromatic heterocycles. The van der Waals surface area contributed by atoms with Gasteiger partial charge in [-0.2, -0.15) is 26.3 Å². The van der Waals surface area contributed by atoms with Crippen molar-refractivity contribution in [3.63, 3.8) is 0 Å². The van der Waals surface area contributed by atoms with Crippen LogP contribution in [-0.2, 0) is 12.4 Å². The van der Waals surface area contributed by atoms with Gasteiger partial charge in [0.15, 0.2) is 5.13 Å². The van der Waals surface area contributed by atoms with Crippen molar-refractivity contribution in [3.05, 3.63) is 51.5 Å². The molecule has 0 radical (unpaired) electrons. The molecule has 1 N–H and O–H groups in total. The van der Waals surface area contributed by atoms with Crippen LogP contribution in [0.4, 0.5) is 31.5 Å². The van der Waals surface area contributed by atoms with Crippen LogP contribution in [-0.4, -0.2) is 18.0 Å². The van der Waals surface area contributed by atoms with Crippen molar-refractivity contribution < 1.29 is 35.9 Å². The van der Waals surface area contributed by atoms with E-state index in [1.54, 1.807) is 13.0 Å². The van der Waals surface area contributed by atoms with Crippen LogP contribution < -0.4 is 10.1 Å². The summed E-state index contributed by atoms with van der Waals surface area (Å²) in [6.07, 6.45) is -10.0. The number of fused-ring (bicyclic) bond motifs is 1. The van der Waals surface area contributed by atoms with Gasteiger partial charge in [-0.15, -0.1) is 0 Å². The van der Waals surface area contributed by atoms with E-state index in [0.29, 0.717) is 23.0 Å². The highest BCUT2D eigenvalue weighted by Gasteiger charge is 2.39. The number of alkyl halides is 6. The Hall–Kier alpha value is -2.53. The number of nitrogens with zero attached hydrogens (tertiary/aromatic N) is 1. The lowest BCUT2D eigenvalue weighted by atomic mass is 10.1. The molecule has 0 bridgehead atoms. The number of aromatic nitrogens is 1. The number of aryl methyl sites for hydroxylation is 1. The van der Waals surface area contributed by atoms with Crippen molar-refractivity contribution in [3.8, 4) is 5.75 Å². The fourth-order valence-corrected chi connectivity index (χ4v) is 4.00. The molecule has 1 heterocycles. The second kappa shape index (κ2) is 8.54. The number of carbonyl (C=O) groups excluding carboxylic acids is 1. The molecule has 0 aliphatic carbocycles. The van der Waals surface area contributed by atoms with E-state index < -0.39 is 34.9 Å². The summed E-state index contributed by atoms with van der Waals surface area (Å²) in [6.45, 7) is 1.63. The van der Waals surface area contributed by atoms with Crippen LogP contribution >= 0.6 is 22.9 Å². The molecule has 0 fully saturated rings. The van der Waals surface area contributed by atoms with Gasteiger partial charge in [0, 0.05) is 5.02 Å². The number of amides is 1. The molecule has 0 aliphatic rings. The monoisotopic (exact) mass is 484 g/mol. The highest BCUT2D eigenvalue weighted by molar-refractivity contribution is 7.22. The predicted molar refractivity (Wildman–Crippen MR) is 107 cm³/mol. The first-order valence-corrected chi connectivity index (χ1v) is 9.25. The van der Waals surface area contributed by atoms with Gasteiger partial charge < -0.3 is 4.74 Å².